The molecule has 0 saturated carbocycles. The highest BCUT2D eigenvalue weighted by atomic mass is 35.5. The molecule has 3 N–H and O–H groups in total. The molecule has 0 saturated heterocycles. The molecule has 0 aromatic carbocycles. The first-order chi connectivity index (χ1) is 8.49. The number of halogens is 1. The van der Waals surface area contributed by atoms with Crippen LogP contribution in [0.2, 0.25) is 5.02 Å². The molecule has 18 heavy (non-hydrogen) atoms. The lowest BCUT2D eigenvalue weighted by Crippen LogP contribution is -2.39. The number of nitrogens with one attached hydrogen (secondary N) is 2. The summed E-state index contributed by atoms with van der Waals surface area (Å²) in [7, 11) is 0. The van der Waals surface area contributed by atoms with E-state index in [9.17, 15) is 14.4 Å². The zero-order chi connectivity index (χ0) is 13.5. The van der Waals surface area contributed by atoms with E-state index in [0.29, 0.717) is 5.02 Å². The maximum Gasteiger partial charge on any atom is 0.322 e. The molecule has 0 aliphatic heterocycles. The average Bonchev–Trinajstić information content (AvgIpc) is 2.34. The summed E-state index contributed by atoms with van der Waals surface area (Å²) in [6.45, 7) is -0.815. The monoisotopic (exact) mass is 271 g/mol. The lowest BCUT2D eigenvalue weighted by Gasteiger charge is -2.04. The Balaban J connectivity index is 2.39. The van der Waals surface area contributed by atoms with E-state index in [0.717, 1.165) is 0 Å². The van der Waals surface area contributed by atoms with Crippen molar-refractivity contribution in [3.8, 4) is 0 Å². The van der Waals surface area contributed by atoms with Gasteiger partial charge in [0, 0.05) is 6.20 Å². The van der Waals surface area contributed by atoms with Crippen LogP contribution in [0.25, 0.3) is 0 Å². The summed E-state index contributed by atoms with van der Waals surface area (Å²) in [4.78, 5) is 36.5. The molecule has 96 valence electrons. The van der Waals surface area contributed by atoms with Crippen LogP contribution < -0.4 is 10.6 Å². The lowest BCUT2D eigenvalue weighted by atomic mass is 10.3. The molecular weight excluding hydrogens is 262 g/mol. The molecule has 2 amide bonds. The number of carboxylic acid groups (broad SMARTS) is 1. The molecule has 0 atom stereocenters. The first-order valence-corrected chi connectivity index (χ1v) is 5.25. The average molecular weight is 272 g/mol. The van der Waals surface area contributed by atoms with E-state index in [-0.39, 0.29) is 12.2 Å². The van der Waals surface area contributed by atoms with Crippen molar-refractivity contribution in [1.29, 1.82) is 0 Å². The van der Waals surface area contributed by atoms with Crippen LogP contribution in [0.4, 0.5) is 0 Å². The van der Waals surface area contributed by atoms with Gasteiger partial charge in [0.05, 0.1) is 11.6 Å². The highest BCUT2D eigenvalue weighted by Gasteiger charge is 2.09. The summed E-state index contributed by atoms with van der Waals surface area (Å²) in [6, 6.07) is 2.90. The molecule has 0 aliphatic rings. The van der Waals surface area contributed by atoms with Gasteiger partial charge >= 0.3 is 5.97 Å². The van der Waals surface area contributed by atoms with E-state index in [1.54, 1.807) is 0 Å². The van der Waals surface area contributed by atoms with Crippen molar-refractivity contribution in [3.63, 3.8) is 0 Å². The first-order valence-electron chi connectivity index (χ1n) is 4.87. The Labute approximate surface area is 107 Å². The number of aliphatic carboxylic acids is 1. The van der Waals surface area contributed by atoms with Gasteiger partial charge in [-0.25, -0.2) is 4.98 Å². The van der Waals surface area contributed by atoms with Crippen LogP contribution in [0.5, 0.6) is 0 Å². The topological polar surface area (TPSA) is 108 Å². The van der Waals surface area contributed by atoms with Crippen molar-refractivity contribution in [1.82, 2.24) is 15.6 Å². The Morgan fingerprint density at radius 3 is 2.50 bits per heavy atom. The number of pyridine rings is 1. The van der Waals surface area contributed by atoms with Crippen molar-refractivity contribution in [3.05, 3.63) is 29.0 Å². The van der Waals surface area contributed by atoms with Gasteiger partial charge in [0.25, 0.3) is 5.91 Å². The second-order valence-electron chi connectivity index (χ2n) is 3.21. The van der Waals surface area contributed by atoms with Gasteiger partial charge in [0.15, 0.2) is 0 Å². The number of carbonyl (C=O) groups is 3. The SMILES string of the molecule is O=C(O)CNC(=O)CNC(=O)c1ccc(Cl)cn1. The highest BCUT2D eigenvalue weighted by molar-refractivity contribution is 6.30. The summed E-state index contributed by atoms with van der Waals surface area (Å²) < 4.78 is 0. The van der Waals surface area contributed by atoms with Crippen LogP contribution in [0.3, 0.4) is 0 Å². The summed E-state index contributed by atoms with van der Waals surface area (Å²) in [5.74, 6) is -2.30. The lowest BCUT2D eigenvalue weighted by molar-refractivity contribution is -0.137. The van der Waals surface area contributed by atoms with Gasteiger partial charge in [0.1, 0.15) is 12.2 Å². The van der Waals surface area contributed by atoms with Gasteiger partial charge in [-0.05, 0) is 12.1 Å². The minimum absolute atomic E-state index is 0.116. The molecule has 8 heteroatoms. The zero-order valence-electron chi connectivity index (χ0n) is 9.14. The van der Waals surface area contributed by atoms with Gasteiger partial charge in [0.2, 0.25) is 5.91 Å². The summed E-state index contributed by atoms with van der Waals surface area (Å²) >= 11 is 5.60. The van der Waals surface area contributed by atoms with Gasteiger partial charge in [-0.3, -0.25) is 14.4 Å². The summed E-state index contributed by atoms with van der Waals surface area (Å²) in [5, 5.41) is 13.1. The maximum absolute atomic E-state index is 11.5. The Morgan fingerprint density at radius 2 is 1.94 bits per heavy atom. The van der Waals surface area contributed by atoms with E-state index in [4.69, 9.17) is 16.7 Å². The Morgan fingerprint density at radius 1 is 1.22 bits per heavy atom. The van der Waals surface area contributed by atoms with Gasteiger partial charge in [-0.2, -0.15) is 0 Å². The third-order valence-electron chi connectivity index (χ3n) is 1.81. The van der Waals surface area contributed by atoms with E-state index >= 15 is 0 Å². The Hall–Kier alpha value is -2.15. The molecule has 1 heterocycles. The molecule has 1 aromatic rings. The fraction of sp³-hybridized carbons (Fsp3) is 0.200. The third kappa shape index (κ3) is 4.79. The number of hydrogen-bond donors (Lipinski definition) is 3. The number of nitrogens with zero attached hydrogens (tertiary/aromatic N) is 1. The molecule has 0 aliphatic carbocycles. The number of aromatic nitrogens is 1. The molecular formula is C10H10ClN3O4. The van der Waals surface area contributed by atoms with Crippen molar-refractivity contribution >= 4 is 29.4 Å². The number of carbonyl (C=O) groups excluding carboxylic acids is 2. The van der Waals surface area contributed by atoms with E-state index in [2.05, 4.69) is 15.6 Å². The van der Waals surface area contributed by atoms with E-state index in [1.807, 2.05) is 0 Å². The van der Waals surface area contributed by atoms with Crippen molar-refractivity contribution in [2.45, 2.75) is 0 Å². The van der Waals surface area contributed by atoms with Crippen LogP contribution in [0, 0.1) is 0 Å². The van der Waals surface area contributed by atoms with E-state index in [1.165, 1.54) is 18.3 Å². The quantitative estimate of drug-likeness (QED) is 0.679. The van der Waals surface area contributed by atoms with Crippen molar-refractivity contribution < 1.29 is 19.5 Å². The van der Waals surface area contributed by atoms with Gasteiger partial charge in [-0.1, -0.05) is 11.6 Å². The highest BCUT2D eigenvalue weighted by Crippen LogP contribution is 2.05. The number of carboxylic acids is 1. The van der Waals surface area contributed by atoms with Crippen molar-refractivity contribution in [2.75, 3.05) is 13.1 Å². The summed E-state index contributed by atoms with van der Waals surface area (Å²) in [6.07, 6.45) is 1.31. The molecule has 7 nitrogen and oxygen atoms in total. The van der Waals surface area contributed by atoms with E-state index < -0.39 is 24.3 Å². The molecule has 0 fully saturated rings. The van der Waals surface area contributed by atoms with Crippen LogP contribution in [-0.2, 0) is 9.59 Å². The van der Waals surface area contributed by atoms with Crippen molar-refractivity contribution in [2.24, 2.45) is 0 Å². The smallest absolute Gasteiger partial charge is 0.322 e. The van der Waals surface area contributed by atoms with Crippen LogP contribution in [0.15, 0.2) is 18.3 Å². The molecule has 0 bridgehead atoms. The second kappa shape index (κ2) is 6.55. The zero-order valence-corrected chi connectivity index (χ0v) is 9.90. The molecule has 0 unspecified atom stereocenters. The molecule has 1 rings (SSSR count). The second-order valence-corrected chi connectivity index (χ2v) is 3.65. The van der Waals surface area contributed by atoms with Crippen LogP contribution in [0.1, 0.15) is 10.5 Å². The first kappa shape index (κ1) is 13.9. The minimum Gasteiger partial charge on any atom is -0.480 e. The Bertz CT molecular complexity index is 461. The summed E-state index contributed by atoms with van der Waals surface area (Å²) in [5.41, 5.74) is 0.116. The minimum atomic E-state index is -1.16. The maximum atomic E-state index is 11.5. The Kier molecular flexibility index (Phi) is 5.06. The van der Waals surface area contributed by atoms with Crippen LogP contribution in [-0.4, -0.2) is 41.0 Å². The fourth-order valence-corrected chi connectivity index (χ4v) is 1.11. The third-order valence-corrected chi connectivity index (χ3v) is 2.03. The predicted molar refractivity (Wildman–Crippen MR) is 62.2 cm³/mol. The molecule has 1 aromatic heterocycles. The van der Waals surface area contributed by atoms with Crippen LogP contribution >= 0.6 is 11.6 Å². The number of amides is 2. The van der Waals surface area contributed by atoms with Gasteiger partial charge < -0.3 is 15.7 Å². The molecule has 0 radical (unpaired) electrons. The fourth-order valence-electron chi connectivity index (χ4n) is 0.998. The molecule has 0 spiro atoms. The predicted octanol–water partition coefficient (Wildman–Crippen LogP) is -0.334. The van der Waals surface area contributed by atoms with Gasteiger partial charge in [-0.15, -0.1) is 0 Å². The number of hydrogen-bond acceptors (Lipinski definition) is 4. The normalized spacial score (nSPS) is 9.61. The largest absolute Gasteiger partial charge is 0.480 e. The number of rotatable bonds is 5. The standard InChI is InChI=1S/C10H10ClN3O4/c11-6-1-2-7(12-3-6)10(18)14-4-8(15)13-5-9(16)17/h1-3H,4-5H2,(H,13,15)(H,14,18)(H,16,17).